The minimum absolute atomic E-state index is 0. The Kier molecular flexibility index (Phi) is 316. The van der Waals surface area contributed by atoms with Crippen molar-refractivity contribution in [3.8, 4) is 0 Å². The van der Waals surface area contributed by atoms with Gasteiger partial charge in [-0.15, -0.1) is 0 Å². The van der Waals surface area contributed by atoms with Crippen molar-refractivity contribution in [1.82, 2.24) is 0 Å². The van der Waals surface area contributed by atoms with Gasteiger partial charge in [-0.05, 0) is 11.0 Å². The Morgan fingerprint density at radius 1 is 0.600 bits per heavy atom. The van der Waals surface area contributed by atoms with Crippen LogP contribution in [0.2, 0.25) is 0 Å². The molecule has 0 aliphatic heterocycles. The van der Waals surface area contributed by atoms with Crippen molar-refractivity contribution in [1.29, 1.82) is 0 Å². The van der Waals surface area contributed by atoms with Crippen LogP contribution in [0.15, 0.2) is 0 Å². The summed E-state index contributed by atoms with van der Waals surface area (Å²) in [6.45, 7) is 0. The van der Waals surface area contributed by atoms with Gasteiger partial charge in [0.15, 0.2) is 0 Å². The SMILES string of the molecule is [Cu].[Cu].[Cu].[SiH3].[Ta]. The topological polar surface area (TPSA) is 0 Å². The maximum Gasteiger partial charge on any atom is 0 e. The summed E-state index contributed by atoms with van der Waals surface area (Å²) in [6.07, 6.45) is 0. The van der Waals surface area contributed by atoms with E-state index in [1.165, 1.54) is 0 Å². The Hall–Kier alpha value is 2.52. The molecule has 0 nitrogen and oxygen atoms in total. The quantitative estimate of drug-likeness (QED) is 0.447. The molecule has 0 spiro atoms. The largest absolute Gasteiger partial charge is 0.0125 e. The summed E-state index contributed by atoms with van der Waals surface area (Å²) in [4.78, 5) is 0. The van der Waals surface area contributed by atoms with Crippen LogP contribution in [0.5, 0.6) is 0 Å². The van der Waals surface area contributed by atoms with Crippen molar-refractivity contribution in [2.24, 2.45) is 0 Å². The van der Waals surface area contributed by atoms with Crippen molar-refractivity contribution in [3.63, 3.8) is 0 Å². The molecule has 0 aliphatic carbocycles. The van der Waals surface area contributed by atoms with Crippen LogP contribution in [-0.2, 0) is 73.6 Å². The Morgan fingerprint density at radius 2 is 0.600 bits per heavy atom. The van der Waals surface area contributed by atoms with E-state index in [0.29, 0.717) is 0 Å². The minimum atomic E-state index is 0. The van der Waals surface area contributed by atoms with E-state index >= 15 is 0 Å². The molecule has 45 valence electrons. The van der Waals surface area contributed by atoms with Gasteiger partial charge in [-0.3, -0.25) is 0 Å². The summed E-state index contributed by atoms with van der Waals surface area (Å²) in [7, 11) is 0. The van der Waals surface area contributed by atoms with Crippen molar-refractivity contribution in [2.45, 2.75) is 0 Å². The molecule has 5 heteroatoms. The molecule has 0 aromatic carbocycles. The van der Waals surface area contributed by atoms with E-state index in [1.54, 1.807) is 0 Å². The molecule has 0 amide bonds. The fraction of sp³-hybridized carbons (Fsp3) is 0. The fourth-order valence-electron chi connectivity index (χ4n) is 0. The molecular formula is H3Cu3SiTa. The van der Waals surface area contributed by atoms with E-state index in [0.717, 1.165) is 0 Å². The van der Waals surface area contributed by atoms with Crippen molar-refractivity contribution >= 4 is 11.0 Å². The van der Waals surface area contributed by atoms with Crippen LogP contribution in [-0.4, -0.2) is 11.0 Å². The molecule has 0 atom stereocenters. The summed E-state index contributed by atoms with van der Waals surface area (Å²) >= 11 is 0. The second-order valence-corrected chi connectivity index (χ2v) is 0. The molecule has 0 heterocycles. The van der Waals surface area contributed by atoms with Gasteiger partial charge < -0.3 is 0 Å². The summed E-state index contributed by atoms with van der Waals surface area (Å²) in [5.41, 5.74) is 0. The van der Waals surface area contributed by atoms with Crippen LogP contribution in [0.25, 0.3) is 0 Å². The molecule has 0 saturated heterocycles. The third-order valence-electron chi connectivity index (χ3n) is 0. The molecule has 0 bridgehead atoms. The van der Waals surface area contributed by atoms with Gasteiger partial charge in [-0.25, -0.2) is 0 Å². The van der Waals surface area contributed by atoms with E-state index in [4.69, 9.17) is 0 Å². The first-order valence-electron chi connectivity index (χ1n) is 0. The summed E-state index contributed by atoms with van der Waals surface area (Å²) in [5.74, 6) is 0. The van der Waals surface area contributed by atoms with E-state index in [2.05, 4.69) is 0 Å². The van der Waals surface area contributed by atoms with Gasteiger partial charge >= 0.3 is 0 Å². The number of rotatable bonds is 0. The normalized spacial score (nSPS) is 0. The smallest absolute Gasteiger partial charge is 0 e. The maximum absolute atomic E-state index is 0. The minimum Gasteiger partial charge on any atom is -0.0125 e. The summed E-state index contributed by atoms with van der Waals surface area (Å²) in [5, 5.41) is 0. The Bertz CT molecular complexity index is 6.85. The molecule has 0 saturated carbocycles. The van der Waals surface area contributed by atoms with Crippen molar-refractivity contribution < 1.29 is 73.6 Å². The second kappa shape index (κ2) is 31.3. The molecule has 0 unspecified atom stereocenters. The molecule has 0 rings (SSSR count). The predicted octanol–water partition coefficient (Wildman–Crippen LogP) is -1.19. The van der Waals surface area contributed by atoms with Gasteiger partial charge in [0, 0.05) is 73.6 Å². The number of hydrogen-bond donors (Lipinski definition) is 0. The van der Waals surface area contributed by atoms with Crippen LogP contribution in [0, 0.1) is 0 Å². The molecule has 5 radical (unpaired) electrons. The molecule has 0 fully saturated rings. The monoisotopic (exact) mass is 401 g/mol. The zero-order valence-electron chi connectivity index (χ0n) is 2.35. The molecular weight excluding hydrogens is 400 g/mol. The van der Waals surface area contributed by atoms with E-state index in [9.17, 15) is 0 Å². The molecule has 0 aromatic rings. The van der Waals surface area contributed by atoms with Crippen LogP contribution >= 0.6 is 0 Å². The zero-order valence-corrected chi connectivity index (χ0v) is 10.4. The second-order valence-electron chi connectivity index (χ2n) is 0. The Balaban J connectivity index is 0. The first-order valence-corrected chi connectivity index (χ1v) is 0. The average molecular weight is 403 g/mol. The summed E-state index contributed by atoms with van der Waals surface area (Å²) in [6, 6.07) is 0. The molecule has 0 aliphatic rings. The Morgan fingerprint density at radius 3 is 0.600 bits per heavy atom. The standard InChI is InChI=1S/3Cu.H3Si.Ta/h;;;1H3;. The van der Waals surface area contributed by atoms with Crippen LogP contribution in [0.3, 0.4) is 0 Å². The van der Waals surface area contributed by atoms with E-state index < -0.39 is 0 Å². The molecule has 0 aromatic heterocycles. The molecule has 0 N–H and O–H groups in total. The first kappa shape index (κ1) is 50.4. The van der Waals surface area contributed by atoms with Gasteiger partial charge in [0.2, 0.25) is 0 Å². The van der Waals surface area contributed by atoms with E-state index in [1.807, 2.05) is 0 Å². The predicted molar refractivity (Wildman–Crippen MR) is 9.94 cm³/mol. The van der Waals surface area contributed by atoms with Gasteiger partial charge in [0.1, 0.15) is 0 Å². The van der Waals surface area contributed by atoms with Crippen LogP contribution in [0.1, 0.15) is 0 Å². The van der Waals surface area contributed by atoms with Crippen molar-refractivity contribution in [2.75, 3.05) is 0 Å². The van der Waals surface area contributed by atoms with Crippen LogP contribution < -0.4 is 0 Å². The van der Waals surface area contributed by atoms with Crippen molar-refractivity contribution in [3.05, 3.63) is 0 Å². The summed E-state index contributed by atoms with van der Waals surface area (Å²) < 4.78 is 0. The van der Waals surface area contributed by atoms with Gasteiger partial charge in [0.05, 0.1) is 0 Å². The Labute approximate surface area is 83.6 Å². The van der Waals surface area contributed by atoms with E-state index in [-0.39, 0.29) is 84.6 Å². The fourth-order valence-corrected chi connectivity index (χ4v) is 0. The average Bonchev–Trinajstić information content (AvgIpc) is 0. The zero-order chi connectivity index (χ0) is 0. The van der Waals surface area contributed by atoms with Gasteiger partial charge in [-0.2, -0.15) is 0 Å². The van der Waals surface area contributed by atoms with Crippen LogP contribution in [0.4, 0.5) is 0 Å². The number of hydrogen-bond acceptors (Lipinski definition) is 0. The van der Waals surface area contributed by atoms with Gasteiger partial charge in [-0.1, -0.05) is 0 Å². The first-order chi connectivity index (χ1) is 0. The third-order valence-corrected chi connectivity index (χ3v) is 0. The van der Waals surface area contributed by atoms with Gasteiger partial charge in [0.25, 0.3) is 0 Å². The molecule has 5 heavy (non-hydrogen) atoms. The maximum atomic E-state index is 0. The third kappa shape index (κ3) is 21.0.